The Balaban J connectivity index is 1.88. The van der Waals surface area contributed by atoms with Crippen molar-refractivity contribution in [2.45, 2.75) is 38.3 Å². The Morgan fingerprint density at radius 1 is 1.39 bits per heavy atom. The second kappa shape index (κ2) is 6.77. The normalized spacial score (nSPS) is 20.7. The zero-order valence-corrected chi connectivity index (χ0v) is 16.0. The molecule has 150 valence electrons. The minimum Gasteiger partial charge on any atom is -0.477 e. The summed E-state index contributed by atoms with van der Waals surface area (Å²) in [6.45, 7) is 3.52. The maximum absolute atomic E-state index is 15.2. The quantitative estimate of drug-likeness (QED) is 0.679. The van der Waals surface area contributed by atoms with E-state index in [2.05, 4.69) is 12.2 Å². The lowest BCUT2D eigenvalue weighted by Crippen LogP contribution is -2.33. The van der Waals surface area contributed by atoms with Gasteiger partial charge in [-0.2, -0.15) is 0 Å². The standard InChI is InChI=1S/C20H25FN4O3/c1-10(23-2)11-5-6-24(8-11)15-7-14-16(18(22)17(15)21)19(26)13(20(27)28)9-25(14)12-3-4-12/h7,9-12,23H,3-6,8,22H2,1-2H3,(H,27,28)/t10-,11+/m0/s1. The highest BCUT2D eigenvalue weighted by Crippen LogP contribution is 2.40. The Bertz CT molecular complexity index is 1010. The molecular weight excluding hydrogens is 363 g/mol. The van der Waals surface area contributed by atoms with E-state index < -0.39 is 17.2 Å². The third-order valence-electron chi connectivity index (χ3n) is 6.18. The summed E-state index contributed by atoms with van der Waals surface area (Å²) in [5, 5.41) is 12.6. The summed E-state index contributed by atoms with van der Waals surface area (Å²) < 4.78 is 17.0. The van der Waals surface area contributed by atoms with Gasteiger partial charge in [0.2, 0.25) is 5.43 Å². The van der Waals surface area contributed by atoms with Crippen LogP contribution in [0.25, 0.3) is 10.9 Å². The van der Waals surface area contributed by atoms with Crippen LogP contribution in [0, 0.1) is 11.7 Å². The molecule has 1 aliphatic carbocycles. The monoisotopic (exact) mass is 388 g/mol. The van der Waals surface area contributed by atoms with Gasteiger partial charge < -0.3 is 25.6 Å². The molecule has 8 heteroatoms. The molecule has 2 aromatic rings. The lowest BCUT2D eigenvalue weighted by atomic mass is 10.0. The van der Waals surface area contributed by atoms with Gasteiger partial charge in [0.15, 0.2) is 5.82 Å². The number of anilines is 2. The van der Waals surface area contributed by atoms with Crippen LogP contribution in [0.1, 0.15) is 42.6 Å². The van der Waals surface area contributed by atoms with Crippen molar-refractivity contribution in [3.63, 3.8) is 0 Å². The summed E-state index contributed by atoms with van der Waals surface area (Å²) in [4.78, 5) is 26.2. The number of nitrogens with two attached hydrogens (primary N) is 1. The fourth-order valence-electron chi connectivity index (χ4n) is 4.18. The molecule has 2 aliphatic rings. The molecule has 0 bridgehead atoms. The van der Waals surface area contributed by atoms with Crippen molar-refractivity contribution >= 4 is 28.2 Å². The van der Waals surface area contributed by atoms with E-state index in [-0.39, 0.29) is 22.7 Å². The maximum Gasteiger partial charge on any atom is 0.341 e. The predicted octanol–water partition coefficient (Wildman–Crippen LogP) is 2.19. The second-order valence-corrected chi connectivity index (χ2v) is 7.91. The number of pyridine rings is 1. The first kappa shape index (κ1) is 18.7. The molecule has 0 radical (unpaired) electrons. The molecule has 1 saturated heterocycles. The van der Waals surface area contributed by atoms with Crippen LogP contribution in [0.5, 0.6) is 0 Å². The van der Waals surface area contributed by atoms with Crippen molar-refractivity contribution in [1.82, 2.24) is 9.88 Å². The SMILES string of the molecule is CN[C@@H](C)[C@@H]1CCN(c2cc3c(c(N)c2F)c(=O)c(C(=O)O)cn3C2CC2)C1. The molecular formula is C20H25FN4O3. The van der Waals surface area contributed by atoms with E-state index in [1.165, 1.54) is 6.20 Å². The topological polar surface area (TPSA) is 101 Å². The molecule has 0 amide bonds. The van der Waals surface area contributed by atoms with Gasteiger partial charge in [0.05, 0.1) is 22.3 Å². The number of nitrogen functional groups attached to an aromatic ring is 1. The minimum absolute atomic E-state index is 0.0348. The van der Waals surface area contributed by atoms with Crippen LogP contribution in [0.4, 0.5) is 15.8 Å². The van der Waals surface area contributed by atoms with Crippen LogP contribution in [0.15, 0.2) is 17.1 Å². The van der Waals surface area contributed by atoms with Crippen molar-refractivity contribution in [1.29, 1.82) is 0 Å². The number of hydrogen-bond donors (Lipinski definition) is 3. The first-order chi connectivity index (χ1) is 13.3. The Morgan fingerprint density at radius 2 is 2.11 bits per heavy atom. The van der Waals surface area contributed by atoms with Crippen molar-refractivity contribution in [2.75, 3.05) is 30.8 Å². The number of aromatic carboxylic acids is 1. The van der Waals surface area contributed by atoms with E-state index in [1.54, 1.807) is 10.6 Å². The van der Waals surface area contributed by atoms with Crippen molar-refractivity contribution in [2.24, 2.45) is 5.92 Å². The van der Waals surface area contributed by atoms with Gasteiger partial charge in [0.25, 0.3) is 0 Å². The first-order valence-corrected chi connectivity index (χ1v) is 9.65. The van der Waals surface area contributed by atoms with Crippen LogP contribution in [0.3, 0.4) is 0 Å². The number of nitrogens with one attached hydrogen (secondary N) is 1. The lowest BCUT2D eigenvalue weighted by Gasteiger charge is -2.24. The third kappa shape index (κ3) is 2.92. The van der Waals surface area contributed by atoms with Crippen LogP contribution in [-0.2, 0) is 0 Å². The van der Waals surface area contributed by atoms with Gasteiger partial charge >= 0.3 is 5.97 Å². The van der Waals surface area contributed by atoms with Gasteiger partial charge in [-0.1, -0.05) is 0 Å². The first-order valence-electron chi connectivity index (χ1n) is 9.65. The maximum atomic E-state index is 15.2. The highest BCUT2D eigenvalue weighted by molar-refractivity contribution is 5.99. The second-order valence-electron chi connectivity index (χ2n) is 7.91. The van der Waals surface area contributed by atoms with E-state index in [4.69, 9.17) is 5.73 Å². The average Bonchev–Trinajstić information content (AvgIpc) is 3.39. The highest BCUT2D eigenvalue weighted by atomic mass is 19.1. The number of fused-ring (bicyclic) bond motifs is 1. The fraction of sp³-hybridized carbons (Fsp3) is 0.500. The van der Waals surface area contributed by atoms with E-state index in [0.29, 0.717) is 36.3 Å². The van der Waals surface area contributed by atoms with Crippen LogP contribution < -0.4 is 21.4 Å². The number of halogens is 1. The summed E-state index contributed by atoms with van der Waals surface area (Å²) in [6, 6.07) is 2.10. The van der Waals surface area contributed by atoms with E-state index >= 15 is 4.39 Å². The summed E-state index contributed by atoms with van der Waals surface area (Å²) in [6.07, 6.45) is 4.11. The Morgan fingerprint density at radius 3 is 2.71 bits per heavy atom. The van der Waals surface area contributed by atoms with E-state index in [9.17, 15) is 14.7 Å². The number of aromatic nitrogens is 1. The van der Waals surface area contributed by atoms with Crippen molar-refractivity contribution in [3.8, 4) is 0 Å². The molecule has 2 heterocycles. The molecule has 2 atom stereocenters. The average molecular weight is 388 g/mol. The van der Waals surface area contributed by atoms with Gasteiger partial charge in [0, 0.05) is 31.4 Å². The van der Waals surface area contributed by atoms with Gasteiger partial charge in [-0.15, -0.1) is 0 Å². The summed E-state index contributed by atoms with van der Waals surface area (Å²) in [7, 11) is 1.91. The molecule has 0 spiro atoms. The summed E-state index contributed by atoms with van der Waals surface area (Å²) in [5.41, 5.74) is 5.57. The number of rotatable bonds is 5. The Kier molecular flexibility index (Phi) is 4.53. The molecule has 7 nitrogen and oxygen atoms in total. The molecule has 1 aliphatic heterocycles. The van der Waals surface area contributed by atoms with Gasteiger partial charge in [-0.3, -0.25) is 4.79 Å². The van der Waals surface area contributed by atoms with Crippen LogP contribution in [-0.4, -0.2) is 41.8 Å². The Labute approximate surface area is 161 Å². The van der Waals surface area contributed by atoms with E-state index in [0.717, 1.165) is 19.3 Å². The molecule has 0 unspecified atom stereocenters. The number of carbonyl (C=O) groups is 1. The van der Waals surface area contributed by atoms with Gasteiger partial charge in [-0.25, -0.2) is 9.18 Å². The Hall–Kier alpha value is -2.61. The molecule has 4 N–H and O–H groups in total. The molecule has 2 fully saturated rings. The van der Waals surface area contributed by atoms with Crippen LogP contribution >= 0.6 is 0 Å². The summed E-state index contributed by atoms with van der Waals surface area (Å²) in [5.74, 6) is -1.58. The fourth-order valence-corrected chi connectivity index (χ4v) is 4.18. The zero-order chi connectivity index (χ0) is 20.2. The largest absolute Gasteiger partial charge is 0.477 e. The number of benzene rings is 1. The molecule has 1 aromatic carbocycles. The number of carboxylic acid groups (broad SMARTS) is 1. The van der Waals surface area contributed by atoms with E-state index in [1.807, 2.05) is 11.9 Å². The number of carboxylic acids is 1. The molecule has 1 aromatic heterocycles. The van der Waals surface area contributed by atoms with Gasteiger partial charge in [-0.05, 0) is 45.2 Å². The van der Waals surface area contributed by atoms with Crippen LogP contribution in [0.2, 0.25) is 0 Å². The molecule has 4 rings (SSSR count). The smallest absolute Gasteiger partial charge is 0.341 e. The minimum atomic E-state index is -1.33. The number of nitrogens with zero attached hydrogens (tertiary/aromatic N) is 2. The summed E-state index contributed by atoms with van der Waals surface area (Å²) >= 11 is 0. The van der Waals surface area contributed by atoms with Crippen molar-refractivity contribution in [3.05, 3.63) is 33.9 Å². The van der Waals surface area contributed by atoms with Crippen molar-refractivity contribution < 1.29 is 14.3 Å². The third-order valence-corrected chi connectivity index (χ3v) is 6.18. The zero-order valence-electron chi connectivity index (χ0n) is 16.0. The lowest BCUT2D eigenvalue weighted by molar-refractivity contribution is 0.0695. The predicted molar refractivity (Wildman–Crippen MR) is 107 cm³/mol. The molecule has 28 heavy (non-hydrogen) atoms. The molecule has 1 saturated carbocycles. The number of hydrogen-bond acceptors (Lipinski definition) is 5. The highest BCUT2D eigenvalue weighted by Gasteiger charge is 2.32. The van der Waals surface area contributed by atoms with Gasteiger partial charge in [0.1, 0.15) is 5.56 Å².